The predicted molar refractivity (Wildman–Crippen MR) is 81.6 cm³/mol. The van der Waals surface area contributed by atoms with Gasteiger partial charge in [0.2, 0.25) is 0 Å². The summed E-state index contributed by atoms with van der Waals surface area (Å²) in [5, 5.41) is 10.4. The van der Waals surface area contributed by atoms with E-state index in [1.807, 2.05) is 6.07 Å². The first kappa shape index (κ1) is 14.2. The summed E-state index contributed by atoms with van der Waals surface area (Å²) in [5.41, 5.74) is 8.68. The molecule has 0 radical (unpaired) electrons. The van der Waals surface area contributed by atoms with Crippen LogP contribution in [-0.4, -0.2) is 5.11 Å². The molecule has 0 saturated heterocycles. The van der Waals surface area contributed by atoms with Crippen molar-refractivity contribution in [1.82, 2.24) is 0 Å². The lowest BCUT2D eigenvalue weighted by atomic mass is 9.71. The molecule has 19 heavy (non-hydrogen) atoms. The van der Waals surface area contributed by atoms with Crippen molar-refractivity contribution in [2.75, 3.05) is 5.73 Å². The van der Waals surface area contributed by atoms with Gasteiger partial charge in [0.05, 0.1) is 5.69 Å². The number of nitrogen functional groups attached to an aromatic ring is 1. The van der Waals surface area contributed by atoms with Gasteiger partial charge >= 0.3 is 0 Å². The summed E-state index contributed by atoms with van der Waals surface area (Å²) in [6.07, 6.45) is 5.15. The monoisotopic (exact) mass is 261 g/mol. The molecular formula is C17H27NO. The Morgan fingerprint density at radius 3 is 2.37 bits per heavy atom. The molecule has 3 N–H and O–H groups in total. The average molecular weight is 261 g/mol. The zero-order valence-electron chi connectivity index (χ0n) is 12.7. The molecule has 0 aliphatic heterocycles. The summed E-state index contributed by atoms with van der Waals surface area (Å²) in [4.78, 5) is 0. The number of phenols is 1. The summed E-state index contributed by atoms with van der Waals surface area (Å²) < 4.78 is 0. The van der Waals surface area contributed by atoms with E-state index in [0.717, 1.165) is 5.56 Å². The largest absolute Gasteiger partial charge is 0.505 e. The lowest BCUT2D eigenvalue weighted by Gasteiger charge is -2.34. The number of phenolic OH excluding ortho intramolecular Hbond substituents is 1. The van der Waals surface area contributed by atoms with E-state index in [1.165, 1.54) is 31.2 Å². The maximum absolute atomic E-state index is 10.4. The number of anilines is 1. The van der Waals surface area contributed by atoms with Crippen molar-refractivity contribution in [3.8, 4) is 5.75 Å². The van der Waals surface area contributed by atoms with Crippen molar-refractivity contribution < 1.29 is 5.11 Å². The summed E-state index contributed by atoms with van der Waals surface area (Å²) in [7, 11) is 0. The standard InChI is InChI=1S/C17H27NO/c1-11-7-5-6-8-12(11)13-9-10-14(18)16(19)15(13)17(2,3)4/h9-12,19H,5-8,18H2,1-4H3. The summed E-state index contributed by atoms with van der Waals surface area (Å²) in [6.45, 7) is 8.79. The van der Waals surface area contributed by atoms with Crippen LogP contribution in [0, 0.1) is 5.92 Å². The highest BCUT2D eigenvalue weighted by Crippen LogP contribution is 2.46. The van der Waals surface area contributed by atoms with Crippen molar-refractivity contribution in [3.05, 3.63) is 23.3 Å². The quantitative estimate of drug-likeness (QED) is 0.575. The van der Waals surface area contributed by atoms with Gasteiger partial charge in [0.25, 0.3) is 0 Å². The number of hydrogen-bond acceptors (Lipinski definition) is 2. The first-order valence-corrected chi connectivity index (χ1v) is 7.44. The number of aromatic hydroxyl groups is 1. The third-order valence-electron chi connectivity index (χ3n) is 4.50. The highest BCUT2D eigenvalue weighted by atomic mass is 16.3. The van der Waals surface area contributed by atoms with E-state index in [-0.39, 0.29) is 5.41 Å². The molecule has 2 nitrogen and oxygen atoms in total. The summed E-state index contributed by atoms with van der Waals surface area (Å²) in [6, 6.07) is 4.00. The molecule has 106 valence electrons. The number of rotatable bonds is 1. The van der Waals surface area contributed by atoms with Crippen LogP contribution in [0.1, 0.15) is 70.4 Å². The van der Waals surface area contributed by atoms with Gasteiger partial charge in [-0.2, -0.15) is 0 Å². The summed E-state index contributed by atoms with van der Waals surface area (Å²) >= 11 is 0. The molecule has 0 bridgehead atoms. The van der Waals surface area contributed by atoms with Crippen LogP contribution in [0.2, 0.25) is 0 Å². The Hall–Kier alpha value is -1.18. The first-order chi connectivity index (χ1) is 8.82. The number of nitrogens with two attached hydrogens (primary N) is 1. The zero-order valence-corrected chi connectivity index (χ0v) is 12.7. The second-order valence-corrected chi connectivity index (χ2v) is 7.09. The SMILES string of the molecule is CC1CCCCC1c1ccc(N)c(O)c1C(C)(C)C. The molecule has 2 rings (SSSR count). The second kappa shape index (κ2) is 5.07. The minimum absolute atomic E-state index is 0.0774. The van der Waals surface area contributed by atoms with E-state index in [0.29, 0.717) is 23.3 Å². The molecule has 1 aromatic carbocycles. The molecule has 2 unspecified atom stereocenters. The zero-order chi connectivity index (χ0) is 14.2. The third-order valence-corrected chi connectivity index (χ3v) is 4.50. The van der Waals surface area contributed by atoms with E-state index in [4.69, 9.17) is 5.73 Å². The van der Waals surface area contributed by atoms with E-state index in [1.54, 1.807) is 0 Å². The fourth-order valence-corrected chi connectivity index (χ4v) is 3.50. The third kappa shape index (κ3) is 2.72. The van der Waals surface area contributed by atoms with Gasteiger partial charge in [0, 0.05) is 5.56 Å². The Morgan fingerprint density at radius 2 is 1.79 bits per heavy atom. The Labute approximate surface area is 117 Å². The van der Waals surface area contributed by atoms with Gasteiger partial charge < -0.3 is 10.8 Å². The van der Waals surface area contributed by atoms with E-state index >= 15 is 0 Å². The van der Waals surface area contributed by atoms with Crippen molar-refractivity contribution in [2.24, 2.45) is 5.92 Å². The van der Waals surface area contributed by atoms with Gasteiger partial charge in [-0.1, -0.05) is 53.0 Å². The maximum atomic E-state index is 10.4. The van der Waals surface area contributed by atoms with Gasteiger partial charge in [-0.15, -0.1) is 0 Å². The molecule has 0 aromatic heterocycles. The van der Waals surface area contributed by atoms with Gasteiger partial charge in [0.1, 0.15) is 5.75 Å². The Balaban J connectivity index is 2.53. The molecule has 1 saturated carbocycles. The van der Waals surface area contributed by atoms with Crippen molar-refractivity contribution in [3.63, 3.8) is 0 Å². The lowest BCUT2D eigenvalue weighted by Crippen LogP contribution is -2.22. The summed E-state index contributed by atoms with van der Waals surface area (Å²) in [5.74, 6) is 1.55. The molecule has 1 aliphatic rings. The lowest BCUT2D eigenvalue weighted by molar-refractivity contribution is 0.324. The van der Waals surface area contributed by atoms with E-state index in [9.17, 15) is 5.11 Å². The van der Waals surface area contributed by atoms with Gasteiger partial charge in [-0.25, -0.2) is 0 Å². The number of benzene rings is 1. The van der Waals surface area contributed by atoms with Crippen LogP contribution < -0.4 is 5.73 Å². The Bertz CT molecular complexity index is 459. The second-order valence-electron chi connectivity index (χ2n) is 7.09. The van der Waals surface area contributed by atoms with E-state index in [2.05, 4.69) is 33.8 Å². The van der Waals surface area contributed by atoms with Crippen LogP contribution in [0.25, 0.3) is 0 Å². The molecule has 1 aliphatic carbocycles. The molecule has 0 heterocycles. The maximum Gasteiger partial charge on any atom is 0.142 e. The Morgan fingerprint density at radius 1 is 1.16 bits per heavy atom. The van der Waals surface area contributed by atoms with Crippen LogP contribution in [0.15, 0.2) is 12.1 Å². The van der Waals surface area contributed by atoms with Crippen LogP contribution >= 0.6 is 0 Å². The van der Waals surface area contributed by atoms with Crippen molar-refractivity contribution >= 4 is 5.69 Å². The fraction of sp³-hybridized carbons (Fsp3) is 0.647. The fourth-order valence-electron chi connectivity index (χ4n) is 3.50. The van der Waals surface area contributed by atoms with Gasteiger partial charge in [-0.05, 0) is 35.3 Å². The smallest absolute Gasteiger partial charge is 0.142 e. The molecular weight excluding hydrogens is 234 g/mol. The highest BCUT2D eigenvalue weighted by Gasteiger charge is 2.31. The minimum Gasteiger partial charge on any atom is -0.505 e. The molecule has 2 heteroatoms. The predicted octanol–water partition coefficient (Wildman–Crippen LogP) is 4.57. The van der Waals surface area contributed by atoms with Crippen LogP contribution in [0.4, 0.5) is 5.69 Å². The van der Waals surface area contributed by atoms with Gasteiger partial charge in [0.15, 0.2) is 0 Å². The highest BCUT2D eigenvalue weighted by molar-refractivity contribution is 5.61. The minimum atomic E-state index is -0.0774. The van der Waals surface area contributed by atoms with Crippen LogP contribution in [-0.2, 0) is 5.41 Å². The van der Waals surface area contributed by atoms with Crippen molar-refractivity contribution in [1.29, 1.82) is 0 Å². The van der Waals surface area contributed by atoms with Crippen molar-refractivity contribution in [2.45, 2.75) is 64.7 Å². The van der Waals surface area contributed by atoms with Crippen LogP contribution in [0.3, 0.4) is 0 Å². The molecule has 1 aromatic rings. The van der Waals surface area contributed by atoms with Gasteiger partial charge in [-0.3, -0.25) is 0 Å². The average Bonchev–Trinajstić information content (AvgIpc) is 2.31. The normalized spacial score (nSPS) is 24.4. The van der Waals surface area contributed by atoms with Crippen LogP contribution in [0.5, 0.6) is 5.75 Å². The molecule has 1 fully saturated rings. The molecule has 2 atom stereocenters. The topological polar surface area (TPSA) is 46.2 Å². The first-order valence-electron chi connectivity index (χ1n) is 7.44. The Kier molecular flexibility index (Phi) is 3.80. The molecule has 0 spiro atoms. The number of hydrogen-bond donors (Lipinski definition) is 2. The van der Waals surface area contributed by atoms with E-state index < -0.39 is 0 Å². The molecule has 0 amide bonds.